The molecule has 1 aromatic carbocycles. The lowest BCUT2D eigenvalue weighted by Gasteiger charge is -2.19. The van der Waals surface area contributed by atoms with Crippen LogP contribution in [-0.2, 0) is 0 Å². The summed E-state index contributed by atoms with van der Waals surface area (Å²) in [6.07, 6.45) is 2.21. The average Bonchev–Trinajstić information content (AvgIpc) is 2.49. The molecule has 0 amide bonds. The fourth-order valence-corrected chi connectivity index (χ4v) is 2.18. The molecule has 118 valence electrons. The summed E-state index contributed by atoms with van der Waals surface area (Å²) in [5.41, 5.74) is 1.62. The smallest absolute Gasteiger partial charge is 0.387 e. The first kappa shape index (κ1) is 16.4. The Balaban J connectivity index is 2.16. The molecule has 7 heteroatoms. The third kappa shape index (κ3) is 4.04. The fraction of sp³-hybridized carbons (Fsp3) is 0.333. The van der Waals surface area contributed by atoms with Crippen molar-refractivity contribution in [2.24, 2.45) is 0 Å². The largest absolute Gasteiger partial charge is 0.435 e. The van der Waals surface area contributed by atoms with E-state index in [0.29, 0.717) is 16.5 Å². The molecule has 0 bridgehead atoms. The number of hydrogen-bond acceptors (Lipinski definition) is 4. The van der Waals surface area contributed by atoms with Gasteiger partial charge in [-0.3, -0.25) is 0 Å². The first-order valence-electron chi connectivity index (χ1n) is 6.79. The number of nitrogens with zero attached hydrogens (tertiary/aromatic N) is 2. The monoisotopic (exact) mass is 327 g/mol. The van der Waals surface area contributed by atoms with Crippen molar-refractivity contribution in [2.75, 3.05) is 5.32 Å². The van der Waals surface area contributed by atoms with Crippen LogP contribution in [0.2, 0.25) is 5.02 Å². The lowest BCUT2D eigenvalue weighted by Crippen LogP contribution is -2.12. The van der Waals surface area contributed by atoms with Crippen LogP contribution in [0.1, 0.15) is 30.6 Å². The standard InChI is InChI=1S/C15H16ClF2N3O/c1-3-12(21-14-13(16)9(2)19-8-20-14)10-4-6-11(7-5-10)22-15(17)18/h4-8,12,15H,3H2,1-2H3,(H,19,20,21)/t12-/m0/s1. The van der Waals surface area contributed by atoms with E-state index in [4.69, 9.17) is 11.6 Å². The Morgan fingerprint density at radius 2 is 1.91 bits per heavy atom. The van der Waals surface area contributed by atoms with Crippen molar-refractivity contribution in [1.29, 1.82) is 0 Å². The molecule has 2 aromatic rings. The van der Waals surface area contributed by atoms with Gasteiger partial charge in [0, 0.05) is 0 Å². The summed E-state index contributed by atoms with van der Waals surface area (Å²) in [7, 11) is 0. The lowest BCUT2D eigenvalue weighted by molar-refractivity contribution is -0.0498. The molecule has 0 saturated carbocycles. The molecule has 22 heavy (non-hydrogen) atoms. The zero-order valence-corrected chi connectivity index (χ0v) is 12.9. The third-order valence-electron chi connectivity index (χ3n) is 3.19. The highest BCUT2D eigenvalue weighted by Crippen LogP contribution is 2.28. The van der Waals surface area contributed by atoms with E-state index in [0.717, 1.165) is 12.0 Å². The number of aromatic nitrogens is 2. The number of benzene rings is 1. The van der Waals surface area contributed by atoms with Crippen LogP contribution >= 0.6 is 11.6 Å². The Hall–Kier alpha value is -1.95. The van der Waals surface area contributed by atoms with E-state index >= 15 is 0 Å². The highest BCUT2D eigenvalue weighted by molar-refractivity contribution is 6.33. The number of hydrogen-bond donors (Lipinski definition) is 1. The van der Waals surface area contributed by atoms with Crippen molar-refractivity contribution in [3.8, 4) is 5.75 Å². The molecular formula is C15H16ClF2N3O. The van der Waals surface area contributed by atoms with E-state index in [9.17, 15) is 8.78 Å². The lowest BCUT2D eigenvalue weighted by atomic mass is 10.0. The van der Waals surface area contributed by atoms with Gasteiger partial charge in [-0.1, -0.05) is 30.7 Å². The zero-order chi connectivity index (χ0) is 16.1. The Kier molecular flexibility index (Phi) is 5.49. The highest BCUT2D eigenvalue weighted by Gasteiger charge is 2.14. The Bertz CT molecular complexity index is 623. The molecular weight excluding hydrogens is 312 g/mol. The second-order valence-electron chi connectivity index (χ2n) is 4.67. The maximum atomic E-state index is 12.2. The SMILES string of the molecule is CC[C@H](Nc1ncnc(C)c1Cl)c1ccc(OC(F)F)cc1. The van der Waals surface area contributed by atoms with Crippen LogP contribution in [0.3, 0.4) is 0 Å². The maximum Gasteiger partial charge on any atom is 0.387 e. The molecule has 0 fully saturated rings. The van der Waals surface area contributed by atoms with Gasteiger partial charge in [0.15, 0.2) is 0 Å². The number of alkyl halides is 2. The van der Waals surface area contributed by atoms with E-state index in [2.05, 4.69) is 20.0 Å². The van der Waals surface area contributed by atoms with E-state index in [1.807, 2.05) is 6.92 Å². The fourth-order valence-electron chi connectivity index (χ4n) is 2.03. The van der Waals surface area contributed by atoms with Gasteiger partial charge in [-0.15, -0.1) is 0 Å². The van der Waals surface area contributed by atoms with Crippen LogP contribution in [0.4, 0.5) is 14.6 Å². The van der Waals surface area contributed by atoms with E-state index < -0.39 is 6.61 Å². The topological polar surface area (TPSA) is 47.0 Å². The van der Waals surface area contributed by atoms with E-state index in [1.54, 1.807) is 19.1 Å². The normalized spacial score (nSPS) is 12.3. The van der Waals surface area contributed by atoms with E-state index in [1.165, 1.54) is 18.5 Å². The van der Waals surface area contributed by atoms with E-state index in [-0.39, 0.29) is 11.8 Å². The van der Waals surface area contributed by atoms with Gasteiger partial charge in [0.25, 0.3) is 0 Å². The molecule has 0 saturated heterocycles. The van der Waals surface area contributed by atoms with Crippen LogP contribution in [0.15, 0.2) is 30.6 Å². The predicted molar refractivity (Wildman–Crippen MR) is 81.5 cm³/mol. The quantitative estimate of drug-likeness (QED) is 0.842. The zero-order valence-electron chi connectivity index (χ0n) is 12.2. The Labute approximate surface area is 132 Å². The molecule has 0 unspecified atom stereocenters. The minimum atomic E-state index is -2.83. The Morgan fingerprint density at radius 1 is 1.23 bits per heavy atom. The van der Waals surface area contributed by atoms with Gasteiger partial charge < -0.3 is 10.1 Å². The summed E-state index contributed by atoms with van der Waals surface area (Å²) < 4.78 is 28.6. The van der Waals surface area contributed by atoms with Crippen LogP contribution in [-0.4, -0.2) is 16.6 Å². The minimum absolute atomic E-state index is 0.0487. The van der Waals surface area contributed by atoms with Gasteiger partial charge in [-0.2, -0.15) is 8.78 Å². The maximum absolute atomic E-state index is 12.2. The van der Waals surface area contributed by atoms with Crippen molar-refractivity contribution in [3.63, 3.8) is 0 Å². The van der Waals surface area contributed by atoms with Gasteiger partial charge in [0.05, 0.1) is 11.7 Å². The molecule has 1 aromatic heterocycles. The number of nitrogens with one attached hydrogen (secondary N) is 1. The Morgan fingerprint density at radius 3 is 2.50 bits per heavy atom. The van der Waals surface area contributed by atoms with Gasteiger partial charge in [0.2, 0.25) is 0 Å². The van der Waals surface area contributed by atoms with Gasteiger partial charge in [0.1, 0.15) is 22.9 Å². The molecule has 0 radical (unpaired) electrons. The van der Waals surface area contributed by atoms with Crippen molar-refractivity contribution in [3.05, 3.63) is 46.9 Å². The first-order valence-corrected chi connectivity index (χ1v) is 7.17. The molecule has 4 nitrogen and oxygen atoms in total. The highest BCUT2D eigenvalue weighted by atomic mass is 35.5. The second kappa shape index (κ2) is 7.35. The molecule has 0 spiro atoms. The number of rotatable bonds is 6. The summed E-state index contributed by atoms with van der Waals surface area (Å²) in [4.78, 5) is 8.15. The predicted octanol–water partition coefficient (Wildman–Crippen LogP) is 4.60. The number of aryl methyl sites for hydroxylation is 1. The van der Waals surface area contributed by atoms with Crippen molar-refractivity contribution >= 4 is 17.4 Å². The van der Waals surface area contributed by atoms with Crippen molar-refractivity contribution in [1.82, 2.24) is 9.97 Å². The number of ether oxygens (including phenoxy) is 1. The van der Waals surface area contributed by atoms with Gasteiger partial charge >= 0.3 is 6.61 Å². The molecule has 1 heterocycles. The van der Waals surface area contributed by atoms with Gasteiger partial charge in [-0.25, -0.2) is 9.97 Å². The third-order valence-corrected chi connectivity index (χ3v) is 3.64. The average molecular weight is 328 g/mol. The molecule has 0 aliphatic carbocycles. The van der Waals surface area contributed by atoms with Crippen LogP contribution in [0.5, 0.6) is 5.75 Å². The van der Waals surface area contributed by atoms with Crippen LogP contribution in [0, 0.1) is 6.92 Å². The molecule has 0 aliphatic rings. The van der Waals surface area contributed by atoms with Crippen molar-refractivity contribution in [2.45, 2.75) is 32.9 Å². The molecule has 1 N–H and O–H groups in total. The second-order valence-corrected chi connectivity index (χ2v) is 5.05. The summed E-state index contributed by atoms with van der Waals surface area (Å²) in [5, 5.41) is 3.71. The summed E-state index contributed by atoms with van der Waals surface area (Å²) >= 11 is 6.17. The van der Waals surface area contributed by atoms with Crippen molar-refractivity contribution < 1.29 is 13.5 Å². The first-order chi connectivity index (χ1) is 10.5. The molecule has 1 atom stereocenters. The summed E-state index contributed by atoms with van der Waals surface area (Å²) in [5.74, 6) is 0.679. The van der Waals surface area contributed by atoms with Crippen LogP contribution < -0.4 is 10.1 Å². The molecule has 0 aliphatic heterocycles. The number of anilines is 1. The molecule has 2 rings (SSSR count). The minimum Gasteiger partial charge on any atom is -0.435 e. The summed E-state index contributed by atoms with van der Waals surface area (Å²) in [6.45, 7) is 0.976. The van der Waals surface area contributed by atoms with Crippen LogP contribution in [0.25, 0.3) is 0 Å². The van der Waals surface area contributed by atoms with Gasteiger partial charge in [-0.05, 0) is 31.0 Å². The summed E-state index contributed by atoms with van der Waals surface area (Å²) in [6, 6.07) is 6.45. The number of halogens is 3.